The molecule has 0 aliphatic carbocycles. The Balaban J connectivity index is 1.96. The van der Waals surface area contributed by atoms with E-state index in [2.05, 4.69) is 10.2 Å². The van der Waals surface area contributed by atoms with E-state index in [4.69, 9.17) is 8.97 Å². The van der Waals surface area contributed by atoms with Crippen molar-refractivity contribution in [3.05, 3.63) is 30.9 Å². The minimum Gasteiger partial charge on any atom is -0.423 e. The first kappa shape index (κ1) is 12.7. The fourth-order valence-corrected chi connectivity index (χ4v) is 1.97. The predicted molar refractivity (Wildman–Crippen MR) is 61.0 cm³/mol. The summed E-state index contributed by atoms with van der Waals surface area (Å²) in [7, 11) is -3.88. The zero-order valence-corrected chi connectivity index (χ0v) is 10.2. The van der Waals surface area contributed by atoms with Crippen molar-refractivity contribution in [3.8, 4) is 11.5 Å². The number of nitrogens with zero attached hydrogens (tertiary/aromatic N) is 3. The molecule has 0 amide bonds. The zero-order valence-electron chi connectivity index (χ0n) is 9.43. The highest BCUT2D eigenvalue weighted by atomic mass is 32.2. The van der Waals surface area contributed by atoms with Crippen LogP contribution in [0.4, 0.5) is 0 Å². The van der Waals surface area contributed by atoms with Gasteiger partial charge in [-0.05, 0) is 0 Å². The third-order valence-electron chi connectivity index (χ3n) is 2.32. The van der Waals surface area contributed by atoms with Crippen molar-refractivity contribution >= 4 is 10.1 Å². The second kappa shape index (κ2) is 5.23. The van der Waals surface area contributed by atoms with E-state index in [-0.39, 0.29) is 5.75 Å². The van der Waals surface area contributed by atoms with Crippen molar-refractivity contribution in [1.82, 2.24) is 10.2 Å². The van der Waals surface area contributed by atoms with Crippen LogP contribution in [0.1, 0.15) is 6.42 Å². The molecular formula is C10H12N3O4S+. The van der Waals surface area contributed by atoms with Crippen LogP contribution in [0.2, 0.25) is 0 Å². The Hall–Kier alpha value is -1.80. The van der Waals surface area contributed by atoms with Gasteiger partial charge in [0.2, 0.25) is 12.3 Å². The number of aromatic nitrogens is 3. The molecule has 0 aliphatic rings. The summed E-state index contributed by atoms with van der Waals surface area (Å²) in [5, 5.41) is 7.35. The average Bonchev–Trinajstić information content (AvgIpc) is 2.82. The van der Waals surface area contributed by atoms with Crippen molar-refractivity contribution in [2.45, 2.75) is 13.0 Å². The second-order valence-corrected chi connectivity index (χ2v) is 5.28. The molecular weight excluding hydrogens is 258 g/mol. The molecule has 2 aromatic rings. The predicted octanol–water partition coefficient (Wildman–Crippen LogP) is 0.302. The van der Waals surface area contributed by atoms with Crippen molar-refractivity contribution in [3.63, 3.8) is 0 Å². The summed E-state index contributed by atoms with van der Waals surface area (Å²) < 4.78 is 36.6. The summed E-state index contributed by atoms with van der Waals surface area (Å²) in [6.45, 7) is 0.504. The monoisotopic (exact) mass is 270 g/mol. The molecule has 0 aromatic carbocycles. The number of hydrogen-bond acceptors (Lipinski definition) is 5. The van der Waals surface area contributed by atoms with E-state index in [0.717, 1.165) is 5.56 Å². The Morgan fingerprint density at radius 1 is 1.33 bits per heavy atom. The topological polar surface area (TPSA) is 97.2 Å². The quantitative estimate of drug-likeness (QED) is 0.620. The fraction of sp³-hybridized carbons (Fsp3) is 0.300. The lowest BCUT2D eigenvalue weighted by Gasteiger charge is -1.97. The van der Waals surface area contributed by atoms with E-state index >= 15 is 0 Å². The van der Waals surface area contributed by atoms with Gasteiger partial charge < -0.3 is 4.42 Å². The van der Waals surface area contributed by atoms with Gasteiger partial charge in [-0.3, -0.25) is 4.55 Å². The molecule has 0 bridgehead atoms. The molecule has 18 heavy (non-hydrogen) atoms. The molecule has 0 aliphatic heterocycles. The van der Waals surface area contributed by atoms with Crippen LogP contribution in [0.25, 0.3) is 11.5 Å². The third-order valence-corrected chi connectivity index (χ3v) is 3.12. The van der Waals surface area contributed by atoms with E-state index in [9.17, 15) is 8.42 Å². The summed E-state index contributed by atoms with van der Waals surface area (Å²) in [6.07, 6.45) is 5.17. The number of aryl methyl sites for hydroxylation is 1. The van der Waals surface area contributed by atoms with Gasteiger partial charge in [-0.1, -0.05) is 0 Å². The molecule has 0 atom stereocenters. The lowest BCUT2D eigenvalue weighted by Crippen LogP contribution is -2.33. The summed E-state index contributed by atoms with van der Waals surface area (Å²) in [6, 6.07) is 3.59. The highest BCUT2D eigenvalue weighted by molar-refractivity contribution is 7.85. The van der Waals surface area contributed by atoms with Gasteiger partial charge in [0.1, 0.15) is 6.54 Å². The molecule has 2 aromatic heterocycles. The Morgan fingerprint density at radius 2 is 2.06 bits per heavy atom. The lowest BCUT2D eigenvalue weighted by atomic mass is 10.2. The summed E-state index contributed by atoms with van der Waals surface area (Å²) >= 11 is 0. The van der Waals surface area contributed by atoms with Crippen LogP contribution in [0, 0.1) is 0 Å². The molecule has 0 saturated carbocycles. The van der Waals surface area contributed by atoms with E-state index in [1.165, 1.54) is 6.39 Å². The Labute approximate surface area is 104 Å². The van der Waals surface area contributed by atoms with Crippen LogP contribution in [0.15, 0.2) is 35.3 Å². The second-order valence-electron chi connectivity index (χ2n) is 3.71. The molecule has 7 nitrogen and oxygen atoms in total. The van der Waals surface area contributed by atoms with Crippen molar-refractivity contribution in [1.29, 1.82) is 0 Å². The van der Waals surface area contributed by atoms with Crippen LogP contribution in [0.3, 0.4) is 0 Å². The molecule has 0 radical (unpaired) electrons. The van der Waals surface area contributed by atoms with E-state index in [1.807, 2.05) is 4.57 Å². The van der Waals surface area contributed by atoms with Crippen molar-refractivity contribution < 1.29 is 22.0 Å². The SMILES string of the molecule is O=S(=O)(O)CCC[n+]1ccc(-c2nnco2)cc1. The molecule has 0 spiro atoms. The van der Waals surface area contributed by atoms with Crippen molar-refractivity contribution in [2.24, 2.45) is 0 Å². The standard InChI is InChI=1S/C10H11N3O4S/c14-18(15,16)7-1-4-13-5-2-9(3-6-13)10-12-11-8-17-10/h2-3,5-6,8H,1,4,7H2/p+1. The minimum absolute atomic E-state index is 0.245. The number of pyridine rings is 1. The summed E-state index contributed by atoms with van der Waals surface area (Å²) in [5.41, 5.74) is 0.790. The highest BCUT2D eigenvalue weighted by Crippen LogP contribution is 2.12. The first-order chi connectivity index (χ1) is 8.54. The maximum Gasteiger partial charge on any atom is 0.265 e. The first-order valence-corrected chi connectivity index (χ1v) is 6.86. The third kappa shape index (κ3) is 3.60. The molecule has 0 unspecified atom stereocenters. The maximum atomic E-state index is 10.5. The Morgan fingerprint density at radius 3 is 2.61 bits per heavy atom. The molecule has 2 heterocycles. The molecule has 2 rings (SSSR count). The largest absolute Gasteiger partial charge is 0.423 e. The van der Waals surface area contributed by atoms with Crippen LogP contribution in [-0.4, -0.2) is 28.9 Å². The van der Waals surface area contributed by atoms with Gasteiger partial charge in [0.25, 0.3) is 10.1 Å². The van der Waals surface area contributed by atoms with E-state index < -0.39 is 10.1 Å². The van der Waals surface area contributed by atoms with Crippen LogP contribution in [0.5, 0.6) is 0 Å². The van der Waals surface area contributed by atoms with Crippen LogP contribution in [-0.2, 0) is 16.7 Å². The van der Waals surface area contributed by atoms with E-state index in [1.54, 1.807) is 24.5 Å². The van der Waals surface area contributed by atoms with Crippen LogP contribution >= 0.6 is 0 Å². The molecule has 0 fully saturated rings. The van der Waals surface area contributed by atoms with Gasteiger partial charge >= 0.3 is 0 Å². The molecule has 96 valence electrons. The van der Waals surface area contributed by atoms with Gasteiger partial charge in [-0.25, -0.2) is 4.57 Å². The van der Waals surface area contributed by atoms with Gasteiger partial charge in [-0.15, -0.1) is 10.2 Å². The van der Waals surface area contributed by atoms with Gasteiger partial charge in [0.05, 0.1) is 11.3 Å². The molecule has 8 heteroatoms. The Kier molecular flexibility index (Phi) is 3.68. The fourth-order valence-electron chi connectivity index (χ4n) is 1.48. The molecule has 0 saturated heterocycles. The number of hydrogen-bond donors (Lipinski definition) is 1. The lowest BCUT2D eigenvalue weighted by molar-refractivity contribution is -0.696. The minimum atomic E-state index is -3.88. The van der Waals surface area contributed by atoms with Crippen LogP contribution < -0.4 is 4.57 Å². The van der Waals surface area contributed by atoms with Gasteiger partial charge in [0.15, 0.2) is 12.4 Å². The first-order valence-electron chi connectivity index (χ1n) is 5.25. The summed E-state index contributed by atoms with van der Waals surface area (Å²) in [5.74, 6) is 0.186. The smallest absolute Gasteiger partial charge is 0.265 e. The van der Waals surface area contributed by atoms with E-state index in [0.29, 0.717) is 18.9 Å². The van der Waals surface area contributed by atoms with Gasteiger partial charge in [0, 0.05) is 18.6 Å². The molecule has 1 N–H and O–H groups in total. The average molecular weight is 270 g/mol. The zero-order chi connectivity index (χ0) is 13.0. The van der Waals surface area contributed by atoms with Crippen molar-refractivity contribution in [2.75, 3.05) is 5.75 Å². The normalized spacial score (nSPS) is 11.6. The Bertz CT molecular complexity index is 593. The van der Waals surface area contributed by atoms with Gasteiger partial charge in [-0.2, -0.15) is 8.42 Å². The summed E-state index contributed by atoms with van der Waals surface area (Å²) in [4.78, 5) is 0. The highest BCUT2D eigenvalue weighted by Gasteiger charge is 2.09. The maximum absolute atomic E-state index is 10.5. The number of rotatable bonds is 5.